The van der Waals surface area contributed by atoms with Gasteiger partial charge >= 0.3 is 6.03 Å². The topological polar surface area (TPSA) is 88.8 Å². The minimum Gasteiger partial charge on any atom is -0.338 e. The van der Waals surface area contributed by atoms with E-state index < -0.39 is 0 Å². The first-order valence-electron chi connectivity index (χ1n) is 9.29. The Hall–Kier alpha value is -3.29. The first kappa shape index (κ1) is 19.5. The second-order valence-electron chi connectivity index (χ2n) is 6.81. The van der Waals surface area contributed by atoms with Crippen LogP contribution in [-0.4, -0.2) is 49.3 Å². The smallest absolute Gasteiger partial charge is 0.317 e. The molecule has 0 aliphatic carbocycles. The zero-order valence-corrected chi connectivity index (χ0v) is 16.4. The van der Waals surface area contributed by atoms with E-state index in [1.165, 1.54) is 0 Å². The van der Waals surface area contributed by atoms with Gasteiger partial charge in [0.15, 0.2) is 5.82 Å². The number of urea groups is 1. The number of carbonyl (C=O) groups is 1. The van der Waals surface area contributed by atoms with E-state index in [-0.39, 0.29) is 12.1 Å². The summed E-state index contributed by atoms with van der Waals surface area (Å²) in [6, 6.07) is 11.9. The summed E-state index contributed by atoms with van der Waals surface area (Å²) in [6.45, 7) is 4.95. The Labute approximate surface area is 164 Å². The van der Waals surface area contributed by atoms with Gasteiger partial charge < -0.3 is 14.8 Å². The normalized spacial score (nSPS) is 10.9. The lowest BCUT2D eigenvalue weighted by Gasteiger charge is -2.19. The second-order valence-corrected chi connectivity index (χ2v) is 6.81. The van der Waals surface area contributed by atoms with Crippen molar-refractivity contribution in [2.45, 2.75) is 32.9 Å². The summed E-state index contributed by atoms with van der Waals surface area (Å²) in [5.74, 6) is 1.45. The number of aromatic nitrogens is 5. The van der Waals surface area contributed by atoms with E-state index >= 15 is 0 Å². The molecule has 0 saturated carbocycles. The van der Waals surface area contributed by atoms with Crippen molar-refractivity contribution < 1.29 is 4.79 Å². The van der Waals surface area contributed by atoms with Crippen LogP contribution in [0.4, 0.5) is 4.79 Å². The third-order valence-corrected chi connectivity index (χ3v) is 4.33. The molecule has 0 atom stereocenters. The van der Waals surface area contributed by atoms with Gasteiger partial charge in [0.2, 0.25) is 0 Å². The van der Waals surface area contributed by atoms with Crippen molar-refractivity contribution in [2.75, 3.05) is 13.6 Å². The molecule has 8 heteroatoms. The van der Waals surface area contributed by atoms with Crippen LogP contribution in [0.1, 0.15) is 31.5 Å². The van der Waals surface area contributed by atoms with Crippen LogP contribution in [0.2, 0.25) is 0 Å². The summed E-state index contributed by atoms with van der Waals surface area (Å²) in [5.41, 5.74) is 1.92. The van der Waals surface area contributed by atoms with Gasteiger partial charge in [-0.05, 0) is 19.9 Å². The van der Waals surface area contributed by atoms with Crippen LogP contribution in [-0.2, 0) is 13.0 Å². The van der Waals surface area contributed by atoms with Crippen molar-refractivity contribution in [3.63, 3.8) is 0 Å². The van der Waals surface area contributed by atoms with Crippen LogP contribution < -0.4 is 5.32 Å². The number of hydrogen-bond acceptors (Lipinski definition) is 5. The molecule has 0 aliphatic heterocycles. The Morgan fingerprint density at radius 3 is 2.75 bits per heavy atom. The molecule has 2 amide bonds. The third-order valence-electron chi connectivity index (χ3n) is 4.33. The Kier molecular flexibility index (Phi) is 6.31. The van der Waals surface area contributed by atoms with E-state index in [0.29, 0.717) is 25.3 Å². The summed E-state index contributed by atoms with van der Waals surface area (Å²) >= 11 is 0. The van der Waals surface area contributed by atoms with Crippen molar-refractivity contribution in [1.29, 1.82) is 0 Å². The van der Waals surface area contributed by atoms with Gasteiger partial charge in [-0.3, -0.25) is 0 Å². The minimum atomic E-state index is -0.169. The third kappa shape index (κ3) is 4.91. The van der Waals surface area contributed by atoms with E-state index in [0.717, 1.165) is 17.1 Å². The van der Waals surface area contributed by atoms with Crippen LogP contribution >= 0.6 is 0 Å². The lowest BCUT2D eigenvalue weighted by atomic mass is 10.1. The molecule has 0 bridgehead atoms. The predicted molar refractivity (Wildman–Crippen MR) is 106 cm³/mol. The van der Waals surface area contributed by atoms with Gasteiger partial charge in [0.05, 0.1) is 12.2 Å². The molecular weight excluding hydrogens is 354 g/mol. The summed E-state index contributed by atoms with van der Waals surface area (Å²) in [5, 5.41) is 10.9. The van der Waals surface area contributed by atoms with E-state index in [2.05, 4.69) is 39.3 Å². The summed E-state index contributed by atoms with van der Waals surface area (Å²) in [4.78, 5) is 22.8. The van der Waals surface area contributed by atoms with Gasteiger partial charge in [-0.2, -0.15) is 0 Å². The highest BCUT2D eigenvalue weighted by Gasteiger charge is 2.14. The largest absolute Gasteiger partial charge is 0.338 e. The molecule has 3 rings (SSSR count). The highest BCUT2D eigenvalue weighted by atomic mass is 16.2. The molecule has 8 nitrogen and oxygen atoms in total. The number of nitrogens with zero attached hydrogens (tertiary/aromatic N) is 6. The molecule has 0 radical (unpaired) electrons. The van der Waals surface area contributed by atoms with Gasteiger partial charge in [0.1, 0.15) is 12.2 Å². The Balaban J connectivity index is 1.52. The van der Waals surface area contributed by atoms with Crippen molar-refractivity contribution in [2.24, 2.45) is 0 Å². The van der Waals surface area contributed by atoms with Crippen molar-refractivity contribution >= 4 is 6.03 Å². The predicted octanol–water partition coefficient (Wildman–Crippen LogP) is 2.70. The summed E-state index contributed by atoms with van der Waals surface area (Å²) < 4.78 is 1.95. The van der Waals surface area contributed by atoms with E-state index in [1.54, 1.807) is 24.5 Å². The molecule has 146 valence electrons. The standard InChI is InChI=1S/C20H25N7O/c1-15(2)27-14-23-25-19(27)13-26(3)20(28)22-12-10-18-21-11-9-17(24-18)16-7-5-4-6-8-16/h4-9,11,14-15H,10,12-13H2,1-3H3,(H,22,28). The summed E-state index contributed by atoms with van der Waals surface area (Å²) in [6.07, 6.45) is 3.99. The number of nitrogens with one attached hydrogen (secondary N) is 1. The van der Waals surface area contributed by atoms with Crippen molar-refractivity contribution in [3.05, 3.63) is 60.6 Å². The maximum atomic E-state index is 12.3. The highest BCUT2D eigenvalue weighted by Crippen LogP contribution is 2.15. The van der Waals surface area contributed by atoms with Crippen molar-refractivity contribution in [1.82, 2.24) is 34.9 Å². The molecule has 0 saturated heterocycles. The molecule has 28 heavy (non-hydrogen) atoms. The fraction of sp³-hybridized carbons (Fsp3) is 0.350. The maximum absolute atomic E-state index is 12.3. The molecule has 0 aliphatic rings. The molecule has 3 aromatic rings. The van der Waals surface area contributed by atoms with Gasteiger partial charge in [0, 0.05) is 37.8 Å². The molecule has 1 N–H and O–H groups in total. The zero-order valence-electron chi connectivity index (χ0n) is 16.4. The lowest BCUT2D eigenvalue weighted by Crippen LogP contribution is -2.38. The molecule has 0 unspecified atom stereocenters. The lowest BCUT2D eigenvalue weighted by molar-refractivity contribution is 0.205. The molecule has 2 heterocycles. The van der Waals surface area contributed by atoms with Gasteiger partial charge in [-0.15, -0.1) is 10.2 Å². The monoisotopic (exact) mass is 379 g/mol. The Bertz CT molecular complexity index is 908. The Morgan fingerprint density at radius 2 is 2.00 bits per heavy atom. The fourth-order valence-corrected chi connectivity index (χ4v) is 2.80. The maximum Gasteiger partial charge on any atom is 0.317 e. The number of benzene rings is 1. The first-order chi connectivity index (χ1) is 13.5. The molecule has 0 spiro atoms. The molecule has 0 fully saturated rings. The van der Waals surface area contributed by atoms with Gasteiger partial charge in [0.25, 0.3) is 0 Å². The fourth-order valence-electron chi connectivity index (χ4n) is 2.80. The van der Waals surface area contributed by atoms with Gasteiger partial charge in [-0.1, -0.05) is 30.3 Å². The van der Waals surface area contributed by atoms with Crippen LogP contribution in [0.15, 0.2) is 48.9 Å². The molecule has 1 aromatic carbocycles. The SMILES string of the molecule is CC(C)n1cnnc1CN(C)C(=O)NCCc1nccc(-c2ccccc2)n1. The molecular formula is C20H25N7O. The Morgan fingerprint density at radius 1 is 1.21 bits per heavy atom. The van der Waals surface area contributed by atoms with Crippen LogP contribution in [0.5, 0.6) is 0 Å². The number of carbonyl (C=O) groups excluding carboxylic acids is 1. The van der Waals surface area contributed by atoms with Gasteiger partial charge in [-0.25, -0.2) is 14.8 Å². The van der Waals surface area contributed by atoms with Crippen LogP contribution in [0, 0.1) is 0 Å². The van der Waals surface area contributed by atoms with Crippen LogP contribution in [0.3, 0.4) is 0 Å². The highest BCUT2D eigenvalue weighted by molar-refractivity contribution is 5.73. The zero-order chi connectivity index (χ0) is 19.9. The van der Waals surface area contributed by atoms with E-state index in [9.17, 15) is 4.79 Å². The first-order valence-corrected chi connectivity index (χ1v) is 9.29. The van der Waals surface area contributed by atoms with E-state index in [1.807, 2.05) is 41.0 Å². The second kappa shape index (κ2) is 9.07. The van der Waals surface area contributed by atoms with E-state index in [4.69, 9.17) is 0 Å². The number of hydrogen-bond donors (Lipinski definition) is 1. The van der Waals surface area contributed by atoms with Crippen LogP contribution in [0.25, 0.3) is 11.3 Å². The quantitative estimate of drug-likeness (QED) is 0.682. The average Bonchev–Trinajstić information content (AvgIpc) is 3.17. The van der Waals surface area contributed by atoms with Crippen molar-refractivity contribution in [3.8, 4) is 11.3 Å². The average molecular weight is 379 g/mol. The number of rotatable bonds is 7. The molecule has 2 aromatic heterocycles. The number of amides is 2. The summed E-state index contributed by atoms with van der Waals surface area (Å²) in [7, 11) is 1.74. The minimum absolute atomic E-state index is 0.169.